The Hall–Kier alpha value is -3.45. The van der Waals surface area contributed by atoms with Crippen molar-refractivity contribution in [3.05, 3.63) is 85.1 Å². The SMILES string of the molecule is CCC=CCC=CCC=CCC=CCC=CCC=CCCC(=O)NCC1COCCN1C(=O)C=CC(=O)OC. The van der Waals surface area contributed by atoms with Crippen molar-refractivity contribution in [1.29, 1.82) is 0 Å². The molecule has 0 aromatic heterocycles. The summed E-state index contributed by atoms with van der Waals surface area (Å²) in [5.41, 5.74) is 0. The minimum Gasteiger partial charge on any atom is -0.466 e. The molecule has 1 aliphatic heterocycles. The first-order chi connectivity index (χ1) is 19.1. The van der Waals surface area contributed by atoms with Gasteiger partial charge < -0.3 is 19.7 Å². The van der Waals surface area contributed by atoms with E-state index < -0.39 is 5.97 Å². The van der Waals surface area contributed by atoms with Crippen molar-refractivity contribution in [2.45, 2.75) is 64.3 Å². The average Bonchev–Trinajstić information content (AvgIpc) is 2.95. The Morgan fingerprint density at radius 1 is 0.821 bits per heavy atom. The molecule has 1 heterocycles. The zero-order valence-electron chi connectivity index (χ0n) is 23.6. The number of morpholine rings is 1. The fourth-order valence-electron chi connectivity index (χ4n) is 3.59. The zero-order valence-corrected chi connectivity index (χ0v) is 23.6. The van der Waals surface area contributed by atoms with Crippen LogP contribution in [-0.4, -0.2) is 62.1 Å². The lowest BCUT2D eigenvalue weighted by molar-refractivity contribution is -0.137. The number of rotatable bonds is 18. The molecule has 1 N–H and O–H groups in total. The number of ether oxygens (including phenoxy) is 2. The van der Waals surface area contributed by atoms with Crippen LogP contribution in [0, 0.1) is 0 Å². The van der Waals surface area contributed by atoms with Gasteiger partial charge in [0, 0.05) is 31.7 Å². The molecule has 0 aromatic carbocycles. The Morgan fingerprint density at radius 2 is 1.36 bits per heavy atom. The number of allylic oxidation sites excluding steroid dienone is 12. The maximum atomic E-state index is 12.4. The van der Waals surface area contributed by atoms with Crippen molar-refractivity contribution in [3.8, 4) is 0 Å². The van der Waals surface area contributed by atoms with Crippen LogP contribution < -0.4 is 5.32 Å². The second-order valence-corrected chi connectivity index (χ2v) is 8.87. The molecule has 214 valence electrons. The molecule has 0 radical (unpaired) electrons. The molecule has 7 nitrogen and oxygen atoms in total. The predicted molar refractivity (Wildman–Crippen MR) is 158 cm³/mol. The predicted octanol–water partition coefficient (Wildman–Crippen LogP) is 5.54. The average molecular weight is 539 g/mol. The van der Waals surface area contributed by atoms with Gasteiger partial charge in [-0.25, -0.2) is 4.79 Å². The van der Waals surface area contributed by atoms with Crippen LogP contribution >= 0.6 is 0 Å². The van der Waals surface area contributed by atoms with Crippen LogP contribution in [0.3, 0.4) is 0 Å². The van der Waals surface area contributed by atoms with E-state index in [1.807, 2.05) is 6.08 Å². The summed E-state index contributed by atoms with van der Waals surface area (Å²) in [5.74, 6) is -0.964. The van der Waals surface area contributed by atoms with Gasteiger partial charge >= 0.3 is 5.97 Å². The maximum Gasteiger partial charge on any atom is 0.330 e. The van der Waals surface area contributed by atoms with Crippen molar-refractivity contribution < 1.29 is 23.9 Å². The van der Waals surface area contributed by atoms with Crippen LogP contribution in [0.5, 0.6) is 0 Å². The van der Waals surface area contributed by atoms with E-state index in [1.165, 1.54) is 13.2 Å². The van der Waals surface area contributed by atoms with E-state index in [0.717, 1.165) is 44.6 Å². The van der Waals surface area contributed by atoms with Gasteiger partial charge in [0.1, 0.15) is 0 Å². The molecule has 2 amide bonds. The molecule has 1 atom stereocenters. The van der Waals surface area contributed by atoms with Gasteiger partial charge in [0.15, 0.2) is 0 Å². The molecule has 1 fully saturated rings. The maximum absolute atomic E-state index is 12.4. The van der Waals surface area contributed by atoms with Crippen LogP contribution in [0.4, 0.5) is 0 Å². The van der Waals surface area contributed by atoms with E-state index in [0.29, 0.717) is 39.1 Å². The smallest absolute Gasteiger partial charge is 0.330 e. The summed E-state index contributed by atoms with van der Waals surface area (Å²) in [6.07, 6.45) is 35.0. The quantitative estimate of drug-likeness (QED) is 0.141. The van der Waals surface area contributed by atoms with Crippen molar-refractivity contribution in [2.24, 2.45) is 0 Å². The molecule has 1 aliphatic rings. The van der Waals surface area contributed by atoms with Gasteiger partial charge in [0.25, 0.3) is 0 Å². The third kappa shape index (κ3) is 18.4. The minimum absolute atomic E-state index is 0.0717. The number of amides is 2. The lowest BCUT2D eigenvalue weighted by Crippen LogP contribution is -2.53. The Morgan fingerprint density at radius 3 is 1.90 bits per heavy atom. The largest absolute Gasteiger partial charge is 0.466 e. The van der Waals surface area contributed by atoms with E-state index in [-0.39, 0.29) is 17.9 Å². The summed E-state index contributed by atoms with van der Waals surface area (Å²) in [4.78, 5) is 37.4. The van der Waals surface area contributed by atoms with Crippen LogP contribution in [0.25, 0.3) is 0 Å². The van der Waals surface area contributed by atoms with E-state index >= 15 is 0 Å². The summed E-state index contributed by atoms with van der Waals surface area (Å²) < 4.78 is 9.97. The Kier molecular flexibility index (Phi) is 20.4. The third-order valence-corrected chi connectivity index (χ3v) is 5.74. The molecule has 39 heavy (non-hydrogen) atoms. The molecule has 1 unspecified atom stereocenters. The van der Waals surface area contributed by atoms with Gasteiger partial charge in [-0.2, -0.15) is 0 Å². The number of carbonyl (C=O) groups is 3. The molecule has 0 saturated carbocycles. The monoisotopic (exact) mass is 538 g/mol. The van der Waals surface area contributed by atoms with Crippen LogP contribution in [0.15, 0.2) is 85.1 Å². The van der Waals surface area contributed by atoms with E-state index in [2.05, 4.69) is 83.8 Å². The van der Waals surface area contributed by atoms with Crippen molar-refractivity contribution in [3.63, 3.8) is 0 Å². The van der Waals surface area contributed by atoms with Crippen LogP contribution in [0.1, 0.15) is 58.3 Å². The summed E-state index contributed by atoms with van der Waals surface area (Å²) in [5, 5.41) is 2.88. The summed E-state index contributed by atoms with van der Waals surface area (Å²) in [7, 11) is 1.25. The highest BCUT2D eigenvalue weighted by atomic mass is 16.5. The summed E-state index contributed by atoms with van der Waals surface area (Å²) >= 11 is 0. The van der Waals surface area contributed by atoms with Crippen molar-refractivity contribution in [2.75, 3.05) is 33.4 Å². The molecule has 7 heteroatoms. The third-order valence-electron chi connectivity index (χ3n) is 5.74. The molecule has 1 rings (SSSR count). The molecule has 0 bridgehead atoms. The Labute approximate surface area is 234 Å². The van der Waals surface area contributed by atoms with Gasteiger partial charge in [-0.1, -0.05) is 79.8 Å². The van der Waals surface area contributed by atoms with E-state index in [1.54, 1.807) is 4.90 Å². The highest BCUT2D eigenvalue weighted by Gasteiger charge is 2.26. The van der Waals surface area contributed by atoms with Crippen molar-refractivity contribution >= 4 is 17.8 Å². The van der Waals surface area contributed by atoms with Crippen molar-refractivity contribution in [1.82, 2.24) is 10.2 Å². The topological polar surface area (TPSA) is 84.9 Å². The lowest BCUT2D eigenvalue weighted by atomic mass is 10.2. The Balaban J connectivity index is 2.14. The number of hydrogen-bond acceptors (Lipinski definition) is 5. The molecule has 0 spiro atoms. The first kappa shape index (κ1) is 33.6. The summed E-state index contributed by atoms with van der Waals surface area (Å²) in [6, 6.07) is -0.275. The van der Waals surface area contributed by atoms with Crippen LogP contribution in [0.2, 0.25) is 0 Å². The molecule has 0 aromatic rings. The number of nitrogens with one attached hydrogen (secondary N) is 1. The van der Waals surface area contributed by atoms with Gasteiger partial charge in [0.05, 0.1) is 26.4 Å². The van der Waals surface area contributed by atoms with E-state index in [4.69, 9.17) is 4.74 Å². The standard InChI is InChI=1S/C32H46N2O5/c1-3-4-5-6-7-8-9-10-11-12-13-14-15-16-17-18-19-20-21-22-30(35)33-27-29-28-39-26-25-34(29)31(36)23-24-32(37)38-2/h4-5,7-8,10-11,13-14,16-17,19-20,23-24,29H,3,6,9,12,15,18,21-22,25-28H2,1-2H3,(H,33,35). The number of hydrogen-bond donors (Lipinski definition) is 1. The first-order valence-electron chi connectivity index (χ1n) is 13.9. The second-order valence-electron chi connectivity index (χ2n) is 8.87. The summed E-state index contributed by atoms with van der Waals surface area (Å²) in [6.45, 7) is 3.62. The fraction of sp³-hybridized carbons (Fsp3) is 0.469. The highest BCUT2D eigenvalue weighted by molar-refractivity contribution is 5.94. The normalized spacial score (nSPS) is 16.8. The lowest BCUT2D eigenvalue weighted by Gasteiger charge is -2.35. The zero-order chi connectivity index (χ0) is 28.4. The minimum atomic E-state index is -0.587. The number of nitrogens with zero attached hydrogens (tertiary/aromatic N) is 1. The number of methoxy groups -OCH3 is 1. The fourth-order valence-corrected chi connectivity index (χ4v) is 3.59. The first-order valence-corrected chi connectivity index (χ1v) is 13.9. The molecular weight excluding hydrogens is 492 g/mol. The van der Waals surface area contributed by atoms with Crippen LogP contribution in [-0.2, 0) is 23.9 Å². The van der Waals surface area contributed by atoms with Gasteiger partial charge in [-0.05, 0) is 44.9 Å². The molecular formula is C32H46N2O5. The van der Waals surface area contributed by atoms with Gasteiger partial charge in [0.2, 0.25) is 11.8 Å². The van der Waals surface area contributed by atoms with Gasteiger partial charge in [-0.15, -0.1) is 0 Å². The Bertz CT molecular complexity index is 912. The second kappa shape index (κ2) is 23.7. The van der Waals surface area contributed by atoms with E-state index in [9.17, 15) is 14.4 Å². The molecule has 1 saturated heterocycles. The van der Waals surface area contributed by atoms with Gasteiger partial charge in [-0.3, -0.25) is 9.59 Å². The number of carbonyl (C=O) groups excluding carboxylic acids is 3. The highest BCUT2D eigenvalue weighted by Crippen LogP contribution is 2.08. The molecule has 0 aliphatic carbocycles. The number of esters is 1.